The van der Waals surface area contributed by atoms with Gasteiger partial charge in [0.1, 0.15) is 11.1 Å². The number of nitrogens with one attached hydrogen (secondary N) is 1. The first-order chi connectivity index (χ1) is 11.7. The molecule has 128 valence electrons. The van der Waals surface area contributed by atoms with Crippen molar-refractivity contribution in [1.82, 2.24) is 9.80 Å². The Hall–Kier alpha value is -1.42. The molecule has 2 saturated heterocycles. The first kappa shape index (κ1) is 16.1. The Bertz CT molecular complexity index is 677. The summed E-state index contributed by atoms with van der Waals surface area (Å²) in [5.74, 6) is 0.0246. The fraction of sp³-hybridized carbons (Fsp3) is 0.667. The third-order valence-corrected chi connectivity index (χ3v) is 6.78. The van der Waals surface area contributed by atoms with Crippen LogP contribution < -0.4 is 5.32 Å². The molecule has 1 aromatic rings. The van der Waals surface area contributed by atoms with Crippen LogP contribution in [0.3, 0.4) is 0 Å². The second-order valence-corrected chi connectivity index (χ2v) is 8.25. The van der Waals surface area contributed by atoms with Crippen LogP contribution in [0.2, 0.25) is 0 Å². The minimum absolute atomic E-state index is 0.0246. The number of piperazine rings is 1. The average molecular weight is 344 g/mol. The predicted molar refractivity (Wildman–Crippen MR) is 95.3 cm³/mol. The van der Waals surface area contributed by atoms with Crippen LogP contribution in [0.15, 0.2) is 0 Å². The molecule has 1 atom stereocenters. The number of nitriles is 1. The SMILES string of the molecule is N#Cc1c(NC(=O)CN2CCN3CCCC3C2)sc2c1CCCC2. The lowest BCUT2D eigenvalue weighted by atomic mass is 9.96. The van der Waals surface area contributed by atoms with Crippen LogP contribution in [0.5, 0.6) is 0 Å². The fourth-order valence-corrected chi connectivity index (χ4v) is 5.60. The highest BCUT2D eigenvalue weighted by Gasteiger charge is 2.31. The van der Waals surface area contributed by atoms with E-state index in [2.05, 4.69) is 21.2 Å². The molecule has 5 nitrogen and oxygen atoms in total. The normalized spacial score (nSPS) is 24.2. The van der Waals surface area contributed by atoms with E-state index in [1.807, 2.05) is 0 Å². The van der Waals surface area contributed by atoms with E-state index >= 15 is 0 Å². The summed E-state index contributed by atoms with van der Waals surface area (Å²) in [6.45, 7) is 4.71. The molecule has 0 bridgehead atoms. The summed E-state index contributed by atoms with van der Waals surface area (Å²) < 4.78 is 0. The second kappa shape index (κ2) is 6.83. The van der Waals surface area contributed by atoms with Crippen molar-refractivity contribution in [3.05, 3.63) is 16.0 Å². The molecular weight excluding hydrogens is 320 g/mol. The largest absolute Gasteiger partial charge is 0.315 e. The summed E-state index contributed by atoms with van der Waals surface area (Å²) >= 11 is 1.61. The number of hydrogen-bond donors (Lipinski definition) is 1. The smallest absolute Gasteiger partial charge is 0.239 e. The van der Waals surface area contributed by atoms with Gasteiger partial charge in [0.05, 0.1) is 12.1 Å². The molecule has 3 heterocycles. The van der Waals surface area contributed by atoms with Gasteiger partial charge in [-0.3, -0.25) is 14.6 Å². The molecule has 0 spiro atoms. The van der Waals surface area contributed by atoms with Gasteiger partial charge in [0, 0.05) is 30.6 Å². The number of anilines is 1. The van der Waals surface area contributed by atoms with Gasteiger partial charge in [-0.15, -0.1) is 11.3 Å². The molecule has 1 aromatic heterocycles. The highest BCUT2D eigenvalue weighted by molar-refractivity contribution is 7.16. The van der Waals surface area contributed by atoms with Gasteiger partial charge in [0.25, 0.3) is 0 Å². The van der Waals surface area contributed by atoms with E-state index in [1.54, 1.807) is 11.3 Å². The molecule has 6 heteroatoms. The summed E-state index contributed by atoms with van der Waals surface area (Å²) in [6, 6.07) is 2.95. The van der Waals surface area contributed by atoms with E-state index in [0.717, 1.165) is 43.9 Å². The Morgan fingerprint density at radius 1 is 1.25 bits per heavy atom. The van der Waals surface area contributed by atoms with Crippen molar-refractivity contribution in [1.29, 1.82) is 5.26 Å². The number of fused-ring (bicyclic) bond motifs is 2. The van der Waals surface area contributed by atoms with Gasteiger partial charge in [-0.05, 0) is 50.6 Å². The zero-order valence-corrected chi connectivity index (χ0v) is 14.8. The maximum Gasteiger partial charge on any atom is 0.239 e. The third kappa shape index (κ3) is 3.08. The summed E-state index contributed by atoms with van der Waals surface area (Å²) in [5.41, 5.74) is 1.90. The average Bonchev–Trinajstić information content (AvgIpc) is 3.17. The molecule has 3 aliphatic rings. The Balaban J connectivity index is 1.40. The molecule has 2 fully saturated rings. The second-order valence-electron chi connectivity index (χ2n) is 7.14. The van der Waals surface area contributed by atoms with Gasteiger partial charge >= 0.3 is 0 Å². The predicted octanol–water partition coefficient (Wildman–Crippen LogP) is 2.22. The molecule has 2 aliphatic heterocycles. The van der Waals surface area contributed by atoms with Crippen LogP contribution in [-0.4, -0.2) is 54.5 Å². The van der Waals surface area contributed by atoms with E-state index in [9.17, 15) is 10.1 Å². The van der Waals surface area contributed by atoms with Crippen molar-refractivity contribution < 1.29 is 4.79 Å². The summed E-state index contributed by atoms with van der Waals surface area (Å²) in [7, 11) is 0. The number of carbonyl (C=O) groups excluding carboxylic acids is 1. The van der Waals surface area contributed by atoms with Crippen molar-refractivity contribution in [2.75, 3.05) is 38.0 Å². The molecule has 0 aromatic carbocycles. The van der Waals surface area contributed by atoms with Gasteiger partial charge in [-0.25, -0.2) is 0 Å². The number of aryl methyl sites for hydroxylation is 1. The number of nitrogens with zero attached hydrogens (tertiary/aromatic N) is 3. The van der Waals surface area contributed by atoms with Crippen LogP contribution in [0.4, 0.5) is 5.00 Å². The molecule has 1 amide bonds. The topological polar surface area (TPSA) is 59.4 Å². The maximum absolute atomic E-state index is 12.5. The zero-order chi connectivity index (χ0) is 16.5. The van der Waals surface area contributed by atoms with Crippen molar-refractivity contribution >= 4 is 22.2 Å². The lowest BCUT2D eigenvalue weighted by Gasteiger charge is -2.37. The zero-order valence-electron chi connectivity index (χ0n) is 14.0. The molecule has 0 radical (unpaired) electrons. The Kier molecular flexibility index (Phi) is 4.57. The van der Waals surface area contributed by atoms with Gasteiger partial charge in [-0.2, -0.15) is 5.26 Å². The number of hydrogen-bond acceptors (Lipinski definition) is 5. The first-order valence-electron chi connectivity index (χ1n) is 9.05. The lowest BCUT2D eigenvalue weighted by Crippen LogP contribution is -2.51. The first-order valence-corrected chi connectivity index (χ1v) is 9.87. The van der Waals surface area contributed by atoms with Crippen LogP contribution in [-0.2, 0) is 17.6 Å². The number of carbonyl (C=O) groups is 1. The Morgan fingerprint density at radius 2 is 2.12 bits per heavy atom. The molecular formula is C18H24N4OS. The van der Waals surface area contributed by atoms with Gasteiger partial charge in [0.2, 0.25) is 5.91 Å². The number of thiophene rings is 1. The molecule has 1 unspecified atom stereocenters. The number of rotatable bonds is 3. The monoisotopic (exact) mass is 344 g/mol. The van der Waals surface area contributed by atoms with Crippen LogP contribution in [0, 0.1) is 11.3 Å². The van der Waals surface area contributed by atoms with Gasteiger partial charge in [-0.1, -0.05) is 0 Å². The minimum atomic E-state index is 0.0246. The van der Waals surface area contributed by atoms with Crippen molar-refractivity contribution in [2.24, 2.45) is 0 Å². The van der Waals surface area contributed by atoms with E-state index in [-0.39, 0.29) is 5.91 Å². The highest BCUT2D eigenvalue weighted by Crippen LogP contribution is 2.37. The van der Waals surface area contributed by atoms with Crippen molar-refractivity contribution in [3.63, 3.8) is 0 Å². The molecule has 4 rings (SSSR count). The van der Waals surface area contributed by atoms with Crippen molar-refractivity contribution in [3.8, 4) is 6.07 Å². The van der Waals surface area contributed by atoms with Crippen LogP contribution >= 0.6 is 11.3 Å². The Morgan fingerprint density at radius 3 is 3.00 bits per heavy atom. The van der Waals surface area contributed by atoms with E-state index in [1.165, 1.54) is 36.2 Å². The summed E-state index contributed by atoms with van der Waals surface area (Å²) in [6.07, 6.45) is 6.92. The van der Waals surface area contributed by atoms with Gasteiger partial charge < -0.3 is 5.32 Å². The standard InChI is InChI=1S/C18H24N4OS/c19-10-15-14-5-1-2-6-16(14)24-18(15)20-17(23)12-21-8-9-22-7-3-4-13(22)11-21/h13H,1-9,11-12H2,(H,20,23). The van der Waals surface area contributed by atoms with Crippen LogP contribution in [0.25, 0.3) is 0 Å². The number of amides is 1. The molecule has 0 saturated carbocycles. The van der Waals surface area contributed by atoms with Crippen LogP contribution in [0.1, 0.15) is 41.7 Å². The molecule has 1 N–H and O–H groups in total. The van der Waals surface area contributed by atoms with E-state index < -0.39 is 0 Å². The Labute approximate surface area is 147 Å². The molecule has 1 aliphatic carbocycles. The minimum Gasteiger partial charge on any atom is -0.315 e. The summed E-state index contributed by atoms with van der Waals surface area (Å²) in [5, 5.41) is 13.3. The van der Waals surface area contributed by atoms with Crippen molar-refractivity contribution in [2.45, 2.75) is 44.6 Å². The quantitative estimate of drug-likeness (QED) is 0.913. The fourth-order valence-electron chi connectivity index (χ4n) is 4.34. The molecule has 24 heavy (non-hydrogen) atoms. The maximum atomic E-state index is 12.5. The highest BCUT2D eigenvalue weighted by atomic mass is 32.1. The van der Waals surface area contributed by atoms with Gasteiger partial charge in [0.15, 0.2) is 0 Å². The summed E-state index contributed by atoms with van der Waals surface area (Å²) in [4.78, 5) is 18.6. The van der Waals surface area contributed by atoms with E-state index in [4.69, 9.17) is 0 Å². The lowest BCUT2D eigenvalue weighted by molar-refractivity contribution is -0.117. The van der Waals surface area contributed by atoms with E-state index in [0.29, 0.717) is 18.2 Å². The third-order valence-electron chi connectivity index (χ3n) is 5.57.